The second kappa shape index (κ2) is 4.06. The molecule has 1 fully saturated rings. The van der Waals surface area contributed by atoms with E-state index in [2.05, 4.69) is 37.1 Å². The minimum Gasteiger partial charge on any atom is -0.383 e. The van der Waals surface area contributed by atoms with Crippen molar-refractivity contribution in [2.75, 3.05) is 12.3 Å². The van der Waals surface area contributed by atoms with Gasteiger partial charge in [0.15, 0.2) is 0 Å². The fraction of sp³-hybridized carbons (Fsp3) is 0.615. The lowest BCUT2D eigenvalue weighted by molar-refractivity contribution is 0.424. The Hall–Kier alpha value is -1.09. The third kappa shape index (κ3) is 2.05. The molecule has 2 rings (SSSR count). The first kappa shape index (κ1) is 11.4. The van der Waals surface area contributed by atoms with Crippen molar-refractivity contribution in [2.45, 2.75) is 33.2 Å². The predicted molar refractivity (Wildman–Crippen MR) is 67.0 cm³/mol. The number of rotatable bonds is 4. The number of nitrogens with zero attached hydrogens (tertiary/aromatic N) is 1. The first-order chi connectivity index (χ1) is 7.56. The van der Waals surface area contributed by atoms with E-state index in [1.165, 1.54) is 6.42 Å². The molecule has 3 N–H and O–H groups in total. The van der Waals surface area contributed by atoms with Gasteiger partial charge in [-0.2, -0.15) is 0 Å². The highest BCUT2D eigenvalue weighted by Crippen LogP contribution is 2.58. The van der Waals surface area contributed by atoms with E-state index in [4.69, 9.17) is 5.73 Å². The Morgan fingerprint density at radius 1 is 1.62 bits per heavy atom. The molecule has 0 amide bonds. The molecule has 3 heteroatoms. The van der Waals surface area contributed by atoms with Gasteiger partial charge in [0.25, 0.3) is 0 Å². The van der Waals surface area contributed by atoms with E-state index in [-0.39, 0.29) is 0 Å². The van der Waals surface area contributed by atoms with Crippen LogP contribution in [0.1, 0.15) is 38.8 Å². The van der Waals surface area contributed by atoms with Gasteiger partial charge in [0.05, 0.1) is 0 Å². The first-order valence-electron chi connectivity index (χ1n) is 6.00. The molecule has 0 aromatic carbocycles. The summed E-state index contributed by atoms with van der Waals surface area (Å²) in [6.07, 6.45) is 3.01. The Bertz CT molecular complexity index is 373. The van der Waals surface area contributed by atoms with Gasteiger partial charge in [-0.1, -0.05) is 26.8 Å². The van der Waals surface area contributed by atoms with Gasteiger partial charge >= 0.3 is 0 Å². The molecule has 0 spiro atoms. The standard InChI is InChI=1S/C13H21N3/c1-4-15-11(10-8-13(10,2)3)9-6-5-7-16-12(9)14/h5-7,10-11,15H,4,8H2,1-3H3,(H2,14,16). The van der Waals surface area contributed by atoms with Gasteiger partial charge in [-0.3, -0.25) is 0 Å². The van der Waals surface area contributed by atoms with Crippen LogP contribution < -0.4 is 11.1 Å². The lowest BCUT2D eigenvalue weighted by atomic mass is 9.97. The minimum absolute atomic E-state index is 0.355. The summed E-state index contributed by atoms with van der Waals surface area (Å²) in [4.78, 5) is 4.18. The van der Waals surface area contributed by atoms with Crippen molar-refractivity contribution in [3.8, 4) is 0 Å². The van der Waals surface area contributed by atoms with Crippen LogP contribution in [-0.2, 0) is 0 Å². The van der Waals surface area contributed by atoms with E-state index in [0.717, 1.165) is 12.1 Å². The third-order valence-corrected chi connectivity index (χ3v) is 3.62. The van der Waals surface area contributed by atoms with Crippen molar-refractivity contribution in [1.29, 1.82) is 0 Å². The van der Waals surface area contributed by atoms with Crippen LogP contribution in [0.3, 0.4) is 0 Å². The molecule has 1 aromatic heterocycles. The molecule has 2 atom stereocenters. The minimum atomic E-state index is 0.355. The normalized spacial score (nSPS) is 24.1. The largest absolute Gasteiger partial charge is 0.383 e. The highest BCUT2D eigenvalue weighted by Gasteiger charge is 2.50. The summed E-state index contributed by atoms with van der Waals surface area (Å²) in [5.41, 5.74) is 7.55. The number of nitrogen functional groups attached to an aromatic ring is 1. The van der Waals surface area contributed by atoms with Crippen molar-refractivity contribution in [1.82, 2.24) is 10.3 Å². The summed E-state index contributed by atoms with van der Waals surface area (Å²) in [7, 11) is 0. The highest BCUT2D eigenvalue weighted by atomic mass is 15.0. The number of hydrogen-bond acceptors (Lipinski definition) is 3. The molecule has 1 aromatic rings. The maximum atomic E-state index is 5.95. The zero-order valence-electron chi connectivity index (χ0n) is 10.3. The molecule has 16 heavy (non-hydrogen) atoms. The summed E-state index contributed by atoms with van der Waals surface area (Å²) in [5.74, 6) is 1.34. The topological polar surface area (TPSA) is 50.9 Å². The number of anilines is 1. The number of pyridine rings is 1. The van der Waals surface area contributed by atoms with Crippen LogP contribution in [-0.4, -0.2) is 11.5 Å². The summed E-state index contributed by atoms with van der Waals surface area (Å²) in [5, 5.41) is 3.54. The van der Waals surface area contributed by atoms with Crippen LogP contribution in [0.25, 0.3) is 0 Å². The number of nitrogens with one attached hydrogen (secondary N) is 1. The Kier molecular flexibility index (Phi) is 2.89. The lowest BCUT2D eigenvalue weighted by Crippen LogP contribution is -2.25. The average molecular weight is 219 g/mol. The van der Waals surface area contributed by atoms with Gasteiger partial charge in [0, 0.05) is 17.8 Å². The quantitative estimate of drug-likeness (QED) is 0.817. The predicted octanol–water partition coefficient (Wildman–Crippen LogP) is 2.36. The van der Waals surface area contributed by atoms with E-state index in [1.807, 2.05) is 6.07 Å². The highest BCUT2D eigenvalue weighted by molar-refractivity contribution is 5.42. The average Bonchev–Trinajstić information content (AvgIpc) is 2.85. The van der Waals surface area contributed by atoms with Crippen LogP contribution in [0.15, 0.2) is 18.3 Å². The zero-order chi connectivity index (χ0) is 11.8. The van der Waals surface area contributed by atoms with Crippen LogP contribution >= 0.6 is 0 Å². The molecular formula is C13H21N3. The van der Waals surface area contributed by atoms with Crippen LogP contribution in [0.4, 0.5) is 5.82 Å². The summed E-state index contributed by atoms with van der Waals surface area (Å²) < 4.78 is 0. The summed E-state index contributed by atoms with van der Waals surface area (Å²) in [6.45, 7) is 7.73. The van der Waals surface area contributed by atoms with Crippen molar-refractivity contribution in [2.24, 2.45) is 11.3 Å². The van der Waals surface area contributed by atoms with Crippen LogP contribution in [0, 0.1) is 11.3 Å². The Balaban J connectivity index is 2.24. The van der Waals surface area contributed by atoms with E-state index >= 15 is 0 Å². The molecule has 2 unspecified atom stereocenters. The number of nitrogens with two attached hydrogens (primary N) is 1. The molecule has 0 bridgehead atoms. The maximum absolute atomic E-state index is 5.95. The van der Waals surface area contributed by atoms with Gasteiger partial charge in [0.1, 0.15) is 5.82 Å². The molecule has 1 saturated carbocycles. The van der Waals surface area contributed by atoms with Crippen molar-refractivity contribution >= 4 is 5.82 Å². The zero-order valence-corrected chi connectivity index (χ0v) is 10.3. The molecule has 3 nitrogen and oxygen atoms in total. The van der Waals surface area contributed by atoms with E-state index < -0.39 is 0 Å². The Labute approximate surface area is 97.5 Å². The van der Waals surface area contributed by atoms with Gasteiger partial charge in [-0.15, -0.1) is 0 Å². The number of hydrogen-bond donors (Lipinski definition) is 2. The second-order valence-electron chi connectivity index (χ2n) is 5.31. The SMILES string of the molecule is CCNC(c1cccnc1N)C1CC1(C)C. The monoisotopic (exact) mass is 219 g/mol. The van der Waals surface area contributed by atoms with E-state index in [1.54, 1.807) is 6.20 Å². The summed E-state index contributed by atoms with van der Waals surface area (Å²) >= 11 is 0. The number of aromatic nitrogens is 1. The first-order valence-corrected chi connectivity index (χ1v) is 6.00. The molecule has 0 saturated heterocycles. The van der Waals surface area contributed by atoms with Gasteiger partial charge < -0.3 is 11.1 Å². The molecule has 1 aliphatic carbocycles. The molecule has 0 radical (unpaired) electrons. The maximum Gasteiger partial charge on any atom is 0.128 e. The smallest absolute Gasteiger partial charge is 0.128 e. The van der Waals surface area contributed by atoms with E-state index in [0.29, 0.717) is 23.2 Å². The van der Waals surface area contributed by atoms with E-state index in [9.17, 15) is 0 Å². The molecule has 1 heterocycles. The summed E-state index contributed by atoms with van der Waals surface area (Å²) in [6, 6.07) is 4.41. The fourth-order valence-corrected chi connectivity index (χ4v) is 2.46. The molecule has 0 aliphatic heterocycles. The van der Waals surface area contributed by atoms with Gasteiger partial charge in [-0.05, 0) is 30.4 Å². The third-order valence-electron chi connectivity index (χ3n) is 3.62. The van der Waals surface area contributed by atoms with Gasteiger partial charge in [0.2, 0.25) is 0 Å². The van der Waals surface area contributed by atoms with Crippen molar-refractivity contribution in [3.63, 3.8) is 0 Å². The molecule has 88 valence electrons. The second-order valence-corrected chi connectivity index (χ2v) is 5.31. The fourth-order valence-electron chi connectivity index (χ4n) is 2.46. The Morgan fingerprint density at radius 3 is 2.81 bits per heavy atom. The van der Waals surface area contributed by atoms with Crippen molar-refractivity contribution in [3.05, 3.63) is 23.9 Å². The Morgan fingerprint density at radius 2 is 2.31 bits per heavy atom. The molecule has 1 aliphatic rings. The van der Waals surface area contributed by atoms with Crippen LogP contribution in [0.2, 0.25) is 0 Å². The molecular weight excluding hydrogens is 198 g/mol. The van der Waals surface area contributed by atoms with Gasteiger partial charge in [-0.25, -0.2) is 4.98 Å². The van der Waals surface area contributed by atoms with Crippen molar-refractivity contribution < 1.29 is 0 Å². The lowest BCUT2D eigenvalue weighted by Gasteiger charge is -2.21. The van der Waals surface area contributed by atoms with Crippen LogP contribution in [0.5, 0.6) is 0 Å².